The number of anilines is 2. The number of rotatable bonds is 6. The van der Waals surface area contributed by atoms with Crippen LogP contribution in [0.5, 0.6) is 0 Å². The number of hydrogen-bond acceptors (Lipinski definition) is 6. The number of hydrogen-bond donors (Lipinski definition) is 2. The number of nitrogens with one attached hydrogen (secondary N) is 1. The quantitative estimate of drug-likeness (QED) is 0.855. The third kappa shape index (κ3) is 3.69. The molecule has 0 atom stereocenters. The highest BCUT2D eigenvalue weighted by molar-refractivity contribution is 7.18. The Morgan fingerprint density at radius 2 is 2.10 bits per heavy atom. The molecule has 0 aliphatic carbocycles. The zero-order chi connectivity index (χ0) is 15.2. The van der Waals surface area contributed by atoms with Gasteiger partial charge in [0.2, 0.25) is 0 Å². The lowest BCUT2D eigenvalue weighted by Crippen LogP contribution is -2.30. The highest BCUT2D eigenvalue weighted by atomic mass is 32.1. The number of aromatic nitrogens is 2. The molecule has 21 heavy (non-hydrogen) atoms. The molecule has 0 spiro atoms. The first-order valence-electron chi connectivity index (χ1n) is 6.84. The molecule has 2 aromatic rings. The van der Waals surface area contributed by atoms with Crippen molar-refractivity contribution in [3.8, 4) is 0 Å². The number of carbonyl (C=O) groups is 1. The second-order valence-corrected chi connectivity index (χ2v) is 5.44. The topological polar surface area (TPSA) is 84.1 Å². The van der Waals surface area contributed by atoms with E-state index in [1.165, 1.54) is 11.3 Å². The highest BCUT2D eigenvalue weighted by Crippen LogP contribution is 2.26. The van der Waals surface area contributed by atoms with Gasteiger partial charge in [0, 0.05) is 32.0 Å². The van der Waals surface area contributed by atoms with E-state index in [1.54, 1.807) is 17.3 Å². The summed E-state index contributed by atoms with van der Waals surface area (Å²) in [4.78, 5) is 23.0. The number of amides is 1. The Bertz CT molecular complexity index is 599. The van der Waals surface area contributed by atoms with Crippen LogP contribution in [0, 0.1) is 0 Å². The van der Waals surface area contributed by atoms with E-state index in [1.807, 2.05) is 26.0 Å². The molecular weight excluding hydrogens is 286 g/mol. The van der Waals surface area contributed by atoms with Crippen LogP contribution >= 0.6 is 11.3 Å². The van der Waals surface area contributed by atoms with Crippen LogP contribution in [0.3, 0.4) is 0 Å². The molecule has 112 valence electrons. The van der Waals surface area contributed by atoms with Crippen LogP contribution in [-0.2, 0) is 6.54 Å². The van der Waals surface area contributed by atoms with Crippen molar-refractivity contribution in [3.05, 3.63) is 35.0 Å². The van der Waals surface area contributed by atoms with E-state index in [0.717, 1.165) is 12.1 Å². The Balaban J connectivity index is 2.16. The first-order valence-corrected chi connectivity index (χ1v) is 7.65. The summed E-state index contributed by atoms with van der Waals surface area (Å²) in [5, 5.41) is 3.76. The molecule has 0 aliphatic rings. The minimum absolute atomic E-state index is 0.0894. The van der Waals surface area contributed by atoms with E-state index in [9.17, 15) is 4.79 Å². The molecule has 0 unspecified atom stereocenters. The zero-order valence-electron chi connectivity index (χ0n) is 12.2. The molecule has 0 radical (unpaired) electrons. The number of nitrogens with two attached hydrogens (primary N) is 1. The van der Waals surface area contributed by atoms with Gasteiger partial charge in [-0.1, -0.05) is 11.3 Å². The van der Waals surface area contributed by atoms with E-state index in [4.69, 9.17) is 5.73 Å². The average Bonchev–Trinajstić information content (AvgIpc) is 2.86. The molecular formula is C14H19N5OS. The number of nitrogen functional groups attached to an aromatic ring is 1. The molecule has 6 nitrogen and oxygen atoms in total. The Hall–Kier alpha value is -2.15. The van der Waals surface area contributed by atoms with Crippen LogP contribution in [0.25, 0.3) is 0 Å². The summed E-state index contributed by atoms with van der Waals surface area (Å²) < 4.78 is 0. The van der Waals surface area contributed by atoms with Gasteiger partial charge in [0.05, 0.1) is 0 Å². The van der Waals surface area contributed by atoms with Gasteiger partial charge in [0.15, 0.2) is 5.13 Å². The van der Waals surface area contributed by atoms with Gasteiger partial charge >= 0.3 is 0 Å². The molecule has 7 heteroatoms. The molecule has 2 rings (SSSR count). The van der Waals surface area contributed by atoms with Crippen molar-refractivity contribution < 1.29 is 4.79 Å². The third-order valence-electron chi connectivity index (χ3n) is 2.97. The SMILES string of the molecule is CCNc1nc(N)c(C(=O)N(CC)Cc2ccncc2)s1. The van der Waals surface area contributed by atoms with Crippen LogP contribution in [0.15, 0.2) is 24.5 Å². The maximum absolute atomic E-state index is 12.6. The van der Waals surface area contributed by atoms with Crippen molar-refractivity contribution in [2.75, 3.05) is 24.1 Å². The molecule has 3 N–H and O–H groups in total. The normalized spacial score (nSPS) is 10.4. The molecule has 2 aromatic heterocycles. The van der Waals surface area contributed by atoms with Crippen LogP contribution in [-0.4, -0.2) is 33.9 Å². The van der Waals surface area contributed by atoms with Crippen LogP contribution in [0.2, 0.25) is 0 Å². The molecule has 0 saturated carbocycles. The average molecular weight is 305 g/mol. The van der Waals surface area contributed by atoms with Crippen molar-refractivity contribution >= 4 is 28.2 Å². The van der Waals surface area contributed by atoms with Crippen molar-refractivity contribution in [2.45, 2.75) is 20.4 Å². The minimum atomic E-state index is -0.0894. The lowest BCUT2D eigenvalue weighted by atomic mass is 10.2. The maximum Gasteiger partial charge on any atom is 0.268 e. The van der Waals surface area contributed by atoms with Gasteiger partial charge in [0.25, 0.3) is 5.91 Å². The first-order chi connectivity index (χ1) is 10.2. The molecule has 1 amide bonds. The Morgan fingerprint density at radius 3 is 2.71 bits per heavy atom. The van der Waals surface area contributed by atoms with Crippen molar-refractivity contribution in [3.63, 3.8) is 0 Å². The van der Waals surface area contributed by atoms with E-state index in [-0.39, 0.29) is 11.7 Å². The van der Waals surface area contributed by atoms with Crippen LogP contribution in [0.1, 0.15) is 29.1 Å². The van der Waals surface area contributed by atoms with Crippen molar-refractivity contribution in [1.82, 2.24) is 14.9 Å². The summed E-state index contributed by atoms with van der Waals surface area (Å²) in [5.74, 6) is 0.197. The Kier molecular flexibility index (Phi) is 5.10. The van der Waals surface area contributed by atoms with Crippen LogP contribution < -0.4 is 11.1 Å². The molecule has 0 aliphatic heterocycles. The molecule has 0 bridgehead atoms. The second kappa shape index (κ2) is 7.03. The summed E-state index contributed by atoms with van der Waals surface area (Å²) in [5.41, 5.74) is 6.90. The van der Waals surface area contributed by atoms with E-state index >= 15 is 0 Å². The van der Waals surface area contributed by atoms with E-state index < -0.39 is 0 Å². The summed E-state index contributed by atoms with van der Waals surface area (Å²) in [6.45, 7) is 5.80. The zero-order valence-corrected chi connectivity index (χ0v) is 13.0. The molecule has 0 aromatic carbocycles. The smallest absolute Gasteiger partial charge is 0.268 e. The number of carbonyl (C=O) groups excluding carboxylic acids is 1. The van der Waals surface area contributed by atoms with Crippen molar-refractivity contribution in [2.24, 2.45) is 0 Å². The molecule has 2 heterocycles. The Labute approximate surface area is 128 Å². The predicted molar refractivity (Wildman–Crippen MR) is 85.3 cm³/mol. The lowest BCUT2D eigenvalue weighted by molar-refractivity contribution is 0.0758. The highest BCUT2D eigenvalue weighted by Gasteiger charge is 2.21. The van der Waals surface area contributed by atoms with Gasteiger partial charge in [-0.15, -0.1) is 0 Å². The number of thiazole rings is 1. The van der Waals surface area contributed by atoms with Crippen LogP contribution in [0.4, 0.5) is 10.9 Å². The summed E-state index contributed by atoms with van der Waals surface area (Å²) in [7, 11) is 0. The maximum atomic E-state index is 12.6. The minimum Gasteiger partial charge on any atom is -0.382 e. The number of pyridine rings is 1. The second-order valence-electron chi connectivity index (χ2n) is 4.44. The third-order valence-corrected chi connectivity index (χ3v) is 3.98. The van der Waals surface area contributed by atoms with Gasteiger partial charge in [-0.3, -0.25) is 9.78 Å². The fraction of sp³-hybridized carbons (Fsp3) is 0.357. The standard InChI is InChI=1S/C14H19N5OS/c1-3-17-14-18-12(15)11(21-14)13(20)19(4-2)9-10-5-7-16-8-6-10/h5-8H,3-4,9,15H2,1-2H3,(H,17,18). The molecule has 0 fully saturated rings. The Morgan fingerprint density at radius 1 is 1.38 bits per heavy atom. The fourth-order valence-electron chi connectivity index (χ4n) is 1.89. The van der Waals surface area contributed by atoms with Crippen molar-refractivity contribution in [1.29, 1.82) is 0 Å². The first kappa shape index (κ1) is 15.2. The van der Waals surface area contributed by atoms with Gasteiger partial charge in [0.1, 0.15) is 10.7 Å². The largest absolute Gasteiger partial charge is 0.382 e. The van der Waals surface area contributed by atoms with Gasteiger partial charge in [-0.05, 0) is 31.5 Å². The molecule has 0 saturated heterocycles. The summed E-state index contributed by atoms with van der Waals surface area (Å²) in [6, 6.07) is 3.80. The lowest BCUT2D eigenvalue weighted by Gasteiger charge is -2.20. The monoisotopic (exact) mass is 305 g/mol. The summed E-state index contributed by atoms with van der Waals surface area (Å²) >= 11 is 1.30. The fourth-order valence-corrected chi connectivity index (χ4v) is 2.81. The van der Waals surface area contributed by atoms with E-state index in [0.29, 0.717) is 23.1 Å². The van der Waals surface area contributed by atoms with Gasteiger partial charge < -0.3 is 16.0 Å². The summed E-state index contributed by atoms with van der Waals surface area (Å²) in [6.07, 6.45) is 3.44. The van der Waals surface area contributed by atoms with Gasteiger partial charge in [-0.25, -0.2) is 4.98 Å². The van der Waals surface area contributed by atoms with Gasteiger partial charge in [-0.2, -0.15) is 0 Å². The predicted octanol–water partition coefficient (Wildman–Crippen LogP) is 2.21. The number of nitrogens with zero attached hydrogens (tertiary/aromatic N) is 3. The van der Waals surface area contributed by atoms with E-state index in [2.05, 4.69) is 15.3 Å².